The summed E-state index contributed by atoms with van der Waals surface area (Å²) in [6, 6.07) is -1.03. The number of esters is 1. The average Bonchev–Trinajstić information content (AvgIpc) is 3.33. The first-order valence-corrected chi connectivity index (χ1v) is 28.3. The molecule has 8 unspecified atom stereocenters. The minimum Gasteiger partial charge on any atom is -0.454 e. The van der Waals surface area contributed by atoms with Gasteiger partial charge in [-0.3, -0.25) is 9.59 Å². The number of aliphatic hydroxyl groups is 5. The molecule has 0 aliphatic carbocycles. The fourth-order valence-electron chi connectivity index (χ4n) is 8.76. The molecule has 1 saturated heterocycles. The van der Waals surface area contributed by atoms with Gasteiger partial charge < -0.3 is 45.1 Å². The third-order valence-electron chi connectivity index (χ3n) is 13.3. The van der Waals surface area contributed by atoms with Crippen LogP contribution in [-0.2, 0) is 23.8 Å². The zero-order valence-electron chi connectivity index (χ0n) is 43.7. The maximum Gasteiger partial charge on any atom is 0.306 e. The average molecular weight is 964 g/mol. The van der Waals surface area contributed by atoms with E-state index in [1.54, 1.807) is 6.08 Å². The molecular weight excluding hydrogens is 859 g/mol. The molecule has 0 saturated carbocycles. The van der Waals surface area contributed by atoms with E-state index in [1.165, 1.54) is 154 Å². The standard InChI is InChI=1S/C57H105NO10/c1-4-7-10-13-16-19-22-25-28-31-34-37-40-43-49(60)48(58-56(65)50(61)44-41-38-35-32-29-26-23-20-17-14-11-8-5-2)47-66-57-55(54(64)53(63)51(46-59)67-57)68-52(62)45-42-39-36-33-30-27-24-21-18-15-12-9-6-3/h27,30,36,39-40,43,48-51,53-55,57,59-61,63-64H,4-26,28-29,31-35,37-38,41-42,44-47H2,1-3H3,(H,58,65)/b30-27-,39-36+,43-40+. The molecule has 1 heterocycles. The van der Waals surface area contributed by atoms with Crippen LogP contribution >= 0.6 is 0 Å². The molecule has 1 rings (SSSR count). The van der Waals surface area contributed by atoms with Gasteiger partial charge in [-0.25, -0.2) is 0 Å². The highest BCUT2D eigenvalue weighted by Gasteiger charge is 2.47. The molecule has 0 bridgehead atoms. The van der Waals surface area contributed by atoms with Gasteiger partial charge in [0, 0.05) is 6.42 Å². The van der Waals surface area contributed by atoms with Crippen LogP contribution in [0.5, 0.6) is 0 Å². The molecule has 1 aliphatic heterocycles. The van der Waals surface area contributed by atoms with Gasteiger partial charge >= 0.3 is 5.97 Å². The maximum absolute atomic E-state index is 13.3. The summed E-state index contributed by atoms with van der Waals surface area (Å²) < 4.78 is 17.5. The van der Waals surface area contributed by atoms with Crippen molar-refractivity contribution >= 4 is 11.9 Å². The molecule has 6 N–H and O–H groups in total. The van der Waals surface area contributed by atoms with Crippen molar-refractivity contribution in [3.8, 4) is 0 Å². The van der Waals surface area contributed by atoms with E-state index in [-0.39, 0.29) is 13.0 Å². The van der Waals surface area contributed by atoms with Gasteiger partial charge in [0.2, 0.25) is 5.91 Å². The van der Waals surface area contributed by atoms with Crippen LogP contribution in [0.4, 0.5) is 0 Å². The summed E-state index contributed by atoms with van der Waals surface area (Å²) in [5.41, 5.74) is 0. The molecule has 8 atom stereocenters. The number of allylic oxidation sites excluding steroid dienone is 5. The molecule has 0 aromatic carbocycles. The van der Waals surface area contributed by atoms with Crippen LogP contribution in [0, 0.1) is 0 Å². The molecule has 68 heavy (non-hydrogen) atoms. The topological polar surface area (TPSA) is 175 Å². The molecule has 1 fully saturated rings. The fraction of sp³-hybridized carbons (Fsp3) is 0.860. The Morgan fingerprint density at radius 3 is 1.50 bits per heavy atom. The smallest absolute Gasteiger partial charge is 0.306 e. The number of hydrogen-bond acceptors (Lipinski definition) is 10. The van der Waals surface area contributed by atoms with Crippen molar-refractivity contribution in [2.75, 3.05) is 13.2 Å². The Hall–Kier alpha value is -2.12. The molecule has 11 nitrogen and oxygen atoms in total. The Kier molecular flexibility index (Phi) is 43.2. The third kappa shape index (κ3) is 34.2. The lowest BCUT2D eigenvalue weighted by molar-refractivity contribution is -0.305. The van der Waals surface area contributed by atoms with Gasteiger partial charge in [-0.05, 0) is 44.9 Å². The number of rotatable bonds is 47. The Morgan fingerprint density at radius 1 is 0.574 bits per heavy atom. The monoisotopic (exact) mass is 964 g/mol. The summed E-state index contributed by atoms with van der Waals surface area (Å²) in [6.07, 6.45) is 42.0. The summed E-state index contributed by atoms with van der Waals surface area (Å²) in [5, 5.41) is 56.7. The van der Waals surface area contributed by atoms with Crippen LogP contribution in [0.2, 0.25) is 0 Å². The largest absolute Gasteiger partial charge is 0.454 e. The van der Waals surface area contributed by atoms with Gasteiger partial charge in [-0.1, -0.05) is 237 Å². The molecule has 11 heteroatoms. The molecule has 1 aliphatic rings. The first-order valence-electron chi connectivity index (χ1n) is 28.3. The van der Waals surface area contributed by atoms with Crippen molar-refractivity contribution in [3.05, 3.63) is 36.5 Å². The predicted octanol–water partition coefficient (Wildman–Crippen LogP) is 12.3. The van der Waals surface area contributed by atoms with E-state index in [0.29, 0.717) is 19.3 Å². The first-order chi connectivity index (χ1) is 33.2. The van der Waals surface area contributed by atoms with Crippen LogP contribution in [0.1, 0.15) is 252 Å². The first kappa shape index (κ1) is 63.9. The van der Waals surface area contributed by atoms with E-state index < -0.39 is 67.4 Å². The molecule has 0 radical (unpaired) electrons. The summed E-state index contributed by atoms with van der Waals surface area (Å²) in [6.45, 7) is 5.74. The van der Waals surface area contributed by atoms with Crippen molar-refractivity contribution in [1.82, 2.24) is 5.32 Å². The summed E-state index contributed by atoms with van der Waals surface area (Å²) in [7, 11) is 0. The van der Waals surface area contributed by atoms with Gasteiger partial charge in [0.1, 0.15) is 24.4 Å². The maximum atomic E-state index is 13.3. The zero-order valence-corrected chi connectivity index (χ0v) is 43.7. The van der Waals surface area contributed by atoms with Gasteiger partial charge in [-0.2, -0.15) is 0 Å². The van der Waals surface area contributed by atoms with Gasteiger partial charge in [0.05, 0.1) is 25.4 Å². The van der Waals surface area contributed by atoms with Crippen LogP contribution < -0.4 is 5.32 Å². The highest BCUT2D eigenvalue weighted by Crippen LogP contribution is 2.26. The summed E-state index contributed by atoms with van der Waals surface area (Å²) in [5.74, 6) is -1.26. The number of carbonyl (C=O) groups is 2. The van der Waals surface area contributed by atoms with Crippen LogP contribution in [0.3, 0.4) is 0 Å². The van der Waals surface area contributed by atoms with Gasteiger partial charge in [0.15, 0.2) is 12.4 Å². The number of amides is 1. The normalized spacial score (nSPS) is 20.1. The molecule has 1 amide bonds. The van der Waals surface area contributed by atoms with Crippen molar-refractivity contribution < 1.29 is 49.3 Å². The predicted molar refractivity (Wildman–Crippen MR) is 278 cm³/mol. The third-order valence-corrected chi connectivity index (χ3v) is 13.3. The van der Waals surface area contributed by atoms with Crippen molar-refractivity contribution in [1.29, 1.82) is 0 Å². The van der Waals surface area contributed by atoms with Crippen LogP contribution in [-0.4, -0.2) is 99.6 Å². The van der Waals surface area contributed by atoms with Crippen LogP contribution in [0.25, 0.3) is 0 Å². The molecule has 0 spiro atoms. The minimum absolute atomic E-state index is 0.0197. The van der Waals surface area contributed by atoms with E-state index in [9.17, 15) is 35.1 Å². The lowest BCUT2D eigenvalue weighted by atomic mass is 9.99. The van der Waals surface area contributed by atoms with Crippen LogP contribution in [0.15, 0.2) is 36.5 Å². The number of carbonyl (C=O) groups excluding carboxylic acids is 2. The Bertz CT molecular complexity index is 1240. The number of aliphatic hydroxyl groups excluding tert-OH is 5. The number of unbranched alkanes of at least 4 members (excludes halogenated alkanes) is 29. The number of nitrogens with one attached hydrogen (secondary N) is 1. The van der Waals surface area contributed by atoms with Crippen molar-refractivity contribution in [2.24, 2.45) is 0 Å². The highest BCUT2D eigenvalue weighted by atomic mass is 16.7. The van der Waals surface area contributed by atoms with Gasteiger partial charge in [-0.15, -0.1) is 0 Å². The second kappa shape index (κ2) is 46.0. The highest BCUT2D eigenvalue weighted by molar-refractivity contribution is 5.80. The number of hydrogen-bond donors (Lipinski definition) is 6. The van der Waals surface area contributed by atoms with E-state index in [4.69, 9.17) is 14.2 Å². The number of ether oxygens (including phenoxy) is 3. The van der Waals surface area contributed by atoms with E-state index in [1.807, 2.05) is 18.2 Å². The Labute approximate surface area is 415 Å². The Morgan fingerprint density at radius 2 is 1.01 bits per heavy atom. The van der Waals surface area contributed by atoms with Crippen molar-refractivity contribution in [3.63, 3.8) is 0 Å². The zero-order chi connectivity index (χ0) is 49.7. The van der Waals surface area contributed by atoms with E-state index in [0.717, 1.165) is 51.4 Å². The lowest BCUT2D eigenvalue weighted by Gasteiger charge is -2.41. The van der Waals surface area contributed by atoms with Crippen molar-refractivity contribution in [2.45, 2.75) is 301 Å². The fourth-order valence-corrected chi connectivity index (χ4v) is 8.76. The molecular formula is C57H105NO10. The summed E-state index contributed by atoms with van der Waals surface area (Å²) in [4.78, 5) is 26.4. The minimum atomic E-state index is -1.63. The second-order valence-corrected chi connectivity index (χ2v) is 19.7. The summed E-state index contributed by atoms with van der Waals surface area (Å²) >= 11 is 0. The molecule has 0 aromatic rings. The van der Waals surface area contributed by atoms with E-state index in [2.05, 4.69) is 38.2 Å². The lowest BCUT2D eigenvalue weighted by Crippen LogP contribution is -2.61. The molecule has 398 valence electrons. The Balaban J connectivity index is 2.78. The molecule has 0 aromatic heterocycles. The quantitative estimate of drug-likeness (QED) is 0.0196. The second-order valence-electron chi connectivity index (χ2n) is 19.7. The van der Waals surface area contributed by atoms with Gasteiger partial charge in [0.25, 0.3) is 0 Å². The van der Waals surface area contributed by atoms with E-state index >= 15 is 0 Å². The SMILES string of the molecule is CCCCCCCC/C=C\C/C=C/CCC(=O)OC1C(OCC(NC(=O)C(O)CCCCCCCCCCCCCCC)C(O)/C=C/CCCCCCCCCCCCC)OC(CO)C(O)C1O.